The third-order valence-electron chi connectivity index (χ3n) is 4.01. The summed E-state index contributed by atoms with van der Waals surface area (Å²) in [6.45, 7) is 7.48. The highest BCUT2D eigenvalue weighted by molar-refractivity contribution is 5.79. The second kappa shape index (κ2) is 10.1. The molecule has 0 saturated heterocycles. The van der Waals surface area contributed by atoms with E-state index in [1.54, 1.807) is 7.11 Å². The molecule has 1 saturated carbocycles. The highest BCUT2D eigenvalue weighted by Gasteiger charge is 2.20. The molecule has 5 nitrogen and oxygen atoms in total. The van der Waals surface area contributed by atoms with E-state index in [0.29, 0.717) is 6.61 Å². The number of aliphatic imine (C=N–C) groups is 1. The molecular formula is C19H31N3O2. The predicted octanol–water partition coefficient (Wildman–Crippen LogP) is 2.99. The Kier molecular flexibility index (Phi) is 7.72. The highest BCUT2D eigenvalue weighted by atomic mass is 16.5. The topological polar surface area (TPSA) is 54.9 Å². The Hall–Kier alpha value is -1.91. The Morgan fingerprint density at radius 3 is 2.71 bits per heavy atom. The van der Waals surface area contributed by atoms with Crippen LogP contribution >= 0.6 is 0 Å². The number of guanidine groups is 1. The lowest BCUT2D eigenvalue weighted by Crippen LogP contribution is -2.38. The van der Waals surface area contributed by atoms with Crippen molar-refractivity contribution in [3.05, 3.63) is 23.8 Å². The van der Waals surface area contributed by atoms with Crippen molar-refractivity contribution in [3.63, 3.8) is 0 Å². The highest BCUT2D eigenvalue weighted by Crippen LogP contribution is 2.29. The molecule has 2 rings (SSSR count). The lowest BCUT2D eigenvalue weighted by atomic mass is 10.1. The molecule has 2 N–H and O–H groups in total. The molecule has 0 spiro atoms. The predicted molar refractivity (Wildman–Crippen MR) is 99.2 cm³/mol. The Labute approximate surface area is 145 Å². The van der Waals surface area contributed by atoms with Gasteiger partial charge in [0.25, 0.3) is 0 Å². The fourth-order valence-corrected chi connectivity index (χ4v) is 2.51. The molecule has 0 radical (unpaired) electrons. The first-order valence-electron chi connectivity index (χ1n) is 9.08. The van der Waals surface area contributed by atoms with E-state index in [-0.39, 0.29) is 0 Å². The van der Waals surface area contributed by atoms with Gasteiger partial charge in [0.1, 0.15) is 0 Å². The molecule has 0 aromatic heterocycles. The lowest BCUT2D eigenvalue weighted by molar-refractivity contribution is 0.310. The molecule has 0 aliphatic heterocycles. The second-order valence-corrected chi connectivity index (χ2v) is 6.11. The van der Waals surface area contributed by atoms with Gasteiger partial charge in [-0.15, -0.1) is 0 Å². The Balaban J connectivity index is 1.77. The van der Waals surface area contributed by atoms with Crippen LogP contribution in [0.4, 0.5) is 0 Å². The summed E-state index contributed by atoms with van der Waals surface area (Å²) in [5.41, 5.74) is 1.26. The molecule has 0 heterocycles. The third kappa shape index (κ3) is 6.30. The van der Waals surface area contributed by atoms with Crippen LogP contribution in [-0.4, -0.2) is 39.3 Å². The quantitative estimate of drug-likeness (QED) is 0.393. The van der Waals surface area contributed by atoms with Crippen molar-refractivity contribution in [1.82, 2.24) is 10.6 Å². The van der Waals surface area contributed by atoms with E-state index in [9.17, 15) is 0 Å². The van der Waals surface area contributed by atoms with Crippen molar-refractivity contribution in [2.75, 3.05) is 33.4 Å². The molecule has 134 valence electrons. The minimum Gasteiger partial charge on any atom is -0.493 e. The average molecular weight is 333 g/mol. The molecule has 0 unspecified atom stereocenters. The minimum atomic E-state index is 0.644. The number of rotatable bonds is 10. The van der Waals surface area contributed by atoms with Crippen LogP contribution in [0.15, 0.2) is 23.2 Å². The summed E-state index contributed by atoms with van der Waals surface area (Å²) in [7, 11) is 1.67. The number of ether oxygens (including phenoxy) is 2. The summed E-state index contributed by atoms with van der Waals surface area (Å²) in [5, 5.41) is 6.73. The zero-order chi connectivity index (χ0) is 17.2. The number of aryl methyl sites for hydroxylation is 1. The fraction of sp³-hybridized carbons (Fsp3) is 0.632. The summed E-state index contributed by atoms with van der Waals surface area (Å²) < 4.78 is 11.0. The summed E-state index contributed by atoms with van der Waals surface area (Å²) in [4.78, 5) is 4.64. The van der Waals surface area contributed by atoms with E-state index in [1.807, 2.05) is 13.0 Å². The number of methoxy groups -OCH3 is 1. The monoisotopic (exact) mass is 333 g/mol. The van der Waals surface area contributed by atoms with Crippen LogP contribution in [-0.2, 0) is 6.42 Å². The molecule has 0 bridgehead atoms. The third-order valence-corrected chi connectivity index (χ3v) is 4.01. The number of hydrogen-bond donors (Lipinski definition) is 2. The average Bonchev–Trinajstić information content (AvgIpc) is 3.41. The van der Waals surface area contributed by atoms with Crippen molar-refractivity contribution in [2.24, 2.45) is 10.9 Å². The van der Waals surface area contributed by atoms with Gasteiger partial charge < -0.3 is 20.1 Å². The second-order valence-electron chi connectivity index (χ2n) is 6.11. The van der Waals surface area contributed by atoms with Crippen LogP contribution in [0.5, 0.6) is 11.5 Å². The number of benzene rings is 1. The summed E-state index contributed by atoms with van der Waals surface area (Å²) in [5.74, 6) is 3.37. The van der Waals surface area contributed by atoms with Crippen LogP contribution in [0.25, 0.3) is 0 Å². The summed E-state index contributed by atoms with van der Waals surface area (Å²) in [6.07, 6.45) is 4.72. The molecule has 1 fully saturated rings. The van der Waals surface area contributed by atoms with E-state index in [4.69, 9.17) is 9.47 Å². The van der Waals surface area contributed by atoms with E-state index in [1.165, 1.54) is 18.4 Å². The van der Waals surface area contributed by atoms with Crippen molar-refractivity contribution in [3.8, 4) is 11.5 Å². The standard InChI is InChI=1S/C19H31N3O2/c1-4-20-19(22-14-16-8-9-16)21-12-6-7-15-10-11-17(23-3)18(13-15)24-5-2/h10-11,13,16H,4-9,12,14H2,1-3H3,(H2,20,21,22). The van der Waals surface area contributed by atoms with Gasteiger partial charge in [-0.05, 0) is 63.1 Å². The first-order valence-corrected chi connectivity index (χ1v) is 9.08. The van der Waals surface area contributed by atoms with E-state index in [2.05, 4.69) is 34.7 Å². The number of hydrogen-bond acceptors (Lipinski definition) is 3. The van der Waals surface area contributed by atoms with Crippen LogP contribution in [0.3, 0.4) is 0 Å². The molecule has 1 aromatic rings. The zero-order valence-electron chi connectivity index (χ0n) is 15.2. The molecule has 1 aliphatic carbocycles. The maximum Gasteiger partial charge on any atom is 0.191 e. The maximum absolute atomic E-state index is 5.64. The minimum absolute atomic E-state index is 0.644. The van der Waals surface area contributed by atoms with Gasteiger partial charge in [-0.1, -0.05) is 6.07 Å². The molecular weight excluding hydrogens is 302 g/mol. The zero-order valence-corrected chi connectivity index (χ0v) is 15.2. The molecule has 0 atom stereocenters. The normalized spacial score (nSPS) is 14.4. The Bertz CT molecular complexity index is 527. The van der Waals surface area contributed by atoms with Gasteiger partial charge in [0.15, 0.2) is 17.5 Å². The molecule has 0 amide bonds. The molecule has 5 heteroatoms. The van der Waals surface area contributed by atoms with E-state index >= 15 is 0 Å². The van der Waals surface area contributed by atoms with Crippen molar-refractivity contribution in [1.29, 1.82) is 0 Å². The maximum atomic E-state index is 5.64. The van der Waals surface area contributed by atoms with Crippen LogP contribution in [0, 0.1) is 5.92 Å². The lowest BCUT2D eigenvalue weighted by Gasteiger charge is -2.13. The largest absolute Gasteiger partial charge is 0.493 e. The van der Waals surface area contributed by atoms with Crippen LogP contribution in [0.2, 0.25) is 0 Å². The molecule has 1 aromatic carbocycles. The Morgan fingerprint density at radius 1 is 1.21 bits per heavy atom. The van der Waals surface area contributed by atoms with Crippen LogP contribution < -0.4 is 20.1 Å². The van der Waals surface area contributed by atoms with Gasteiger partial charge in [0.05, 0.1) is 13.7 Å². The Morgan fingerprint density at radius 2 is 2.04 bits per heavy atom. The molecule has 24 heavy (non-hydrogen) atoms. The first-order chi connectivity index (χ1) is 11.8. The number of nitrogens with one attached hydrogen (secondary N) is 2. The van der Waals surface area contributed by atoms with Gasteiger partial charge in [-0.25, -0.2) is 0 Å². The van der Waals surface area contributed by atoms with Crippen molar-refractivity contribution >= 4 is 5.96 Å². The van der Waals surface area contributed by atoms with Gasteiger partial charge in [0.2, 0.25) is 0 Å². The van der Waals surface area contributed by atoms with Crippen molar-refractivity contribution in [2.45, 2.75) is 39.5 Å². The van der Waals surface area contributed by atoms with E-state index in [0.717, 1.165) is 55.9 Å². The SMILES string of the molecule is CCNC(=NCC1CC1)NCCCc1ccc(OC)c(OCC)c1. The van der Waals surface area contributed by atoms with Gasteiger partial charge in [0, 0.05) is 19.6 Å². The first kappa shape index (κ1) is 18.4. The summed E-state index contributed by atoms with van der Waals surface area (Å²) in [6, 6.07) is 6.16. The fourth-order valence-electron chi connectivity index (χ4n) is 2.51. The van der Waals surface area contributed by atoms with Crippen molar-refractivity contribution < 1.29 is 9.47 Å². The smallest absolute Gasteiger partial charge is 0.191 e. The van der Waals surface area contributed by atoms with E-state index < -0.39 is 0 Å². The van der Waals surface area contributed by atoms with Crippen LogP contribution in [0.1, 0.15) is 38.7 Å². The van der Waals surface area contributed by atoms with Gasteiger partial charge >= 0.3 is 0 Å². The molecule has 1 aliphatic rings. The van der Waals surface area contributed by atoms with Gasteiger partial charge in [-0.2, -0.15) is 0 Å². The summed E-state index contributed by atoms with van der Waals surface area (Å²) >= 11 is 0. The number of nitrogens with zero attached hydrogens (tertiary/aromatic N) is 1. The van der Waals surface area contributed by atoms with Gasteiger partial charge in [-0.3, -0.25) is 4.99 Å².